The minimum atomic E-state index is -0.474. The number of hydroxylamine groups is 1. The van der Waals surface area contributed by atoms with Gasteiger partial charge in [0, 0.05) is 50.1 Å². The van der Waals surface area contributed by atoms with Gasteiger partial charge in [0.25, 0.3) is 0 Å². The summed E-state index contributed by atoms with van der Waals surface area (Å²) in [6.07, 6.45) is 4.19. The highest BCUT2D eigenvalue weighted by Gasteiger charge is 2.11. The summed E-state index contributed by atoms with van der Waals surface area (Å²) < 4.78 is 29.7. The van der Waals surface area contributed by atoms with Gasteiger partial charge in [0.15, 0.2) is 5.75 Å². The Morgan fingerprint density at radius 1 is 1.11 bits per heavy atom. The highest BCUT2D eigenvalue weighted by Crippen LogP contribution is 2.23. The van der Waals surface area contributed by atoms with Crippen LogP contribution in [0, 0.1) is 5.82 Å². The first kappa shape index (κ1) is 26.8. The van der Waals surface area contributed by atoms with Gasteiger partial charge in [-0.2, -0.15) is 0 Å². The molecule has 0 saturated carbocycles. The third-order valence-electron chi connectivity index (χ3n) is 5.52. The lowest BCUT2D eigenvalue weighted by molar-refractivity contribution is -0.140. The number of nitrogens with zero attached hydrogens (tertiary/aromatic N) is 1. The van der Waals surface area contributed by atoms with Crippen LogP contribution < -0.4 is 25.3 Å². The summed E-state index contributed by atoms with van der Waals surface area (Å²) in [5.41, 5.74) is 5.47. The second kappa shape index (κ2) is 13.9. The van der Waals surface area contributed by atoms with Crippen molar-refractivity contribution in [2.24, 2.45) is 0 Å². The number of carbonyl (C=O) groups excluding carboxylic acids is 2. The maximum Gasteiger partial charge on any atom is 0.321 e. The molecule has 0 atom stereocenters. The average Bonchev–Trinajstić information content (AvgIpc) is 2.90. The van der Waals surface area contributed by atoms with E-state index < -0.39 is 5.82 Å². The van der Waals surface area contributed by atoms with Crippen molar-refractivity contribution in [1.29, 1.82) is 0 Å². The van der Waals surface area contributed by atoms with Crippen LogP contribution in [-0.4, -0.2) is 45.9 Å². The fourth-order valence-corrected chi connectivity index (χ4v) is 3.39. The van der Waals surface area contributed by atoms with Gasteiger partial charge in [-0.15, -0.1) is 0 Å². The molecule has 2 amide bonds. The number of hydrogen-bond acceptors (Lipinski definition) is 7. The minimum Gasteiger partial charge on any atom is -0.489 e. The molecule has 3 rings (SSSR count). The zero-order valence-corrected chi connectivity index (χ0v) is 20.6. The quantitative estimate of drug-likeness (QED) is 0.272. The highest BCUT2D eigenvalue weighted by molar-refractivity contribution is 5.91. The number of carbonyl (C=O) groups is 2. The SMILES string of the molecule is COC(=O)CCCNC(=O)N(C)c1ccc(COc2cc(F)cc(ONC=C3CCOCC3)c2)cc1. The molecule has 1 aliphatic rings. The first-order chi connectivity index (χ1) is 17.4. The topological polar surface area (TPSA) is 98.4 Å². The van der Waals surface area contributed by atoms with E-state index in [0.717, 1.165) is 18.4 Å². The fraction of sp³-hybridized carbons (Fsp3) is 0.385. The van der Waals surface area contributed by atoms with Gasteiger partial charge in [0.2, 0.25) is 0 Å². The molecule has 1 heterocycles. The van der Waals surface area contributed by atoms with E-state index in [9.17, 15) is 14.0 Å². The van der Waals surface area contributed by atoms with Crippen molar-refractivity contribution in [3.05, 3.63) is 65.6 Å². The predicted molar refractivity (Wildman–Crippen MR) is 132 cm³/mol. The molecule has 36 heavy (non-hydrogen) atoms. The van der Waals surface area contributed by atoms with Crippen molar-refractivity contribution >= 4 is 17.7 Å². The van der Waals surface area contributed by atoms with Crippen LogP contribution in [-0.2, 0) is 20.9 Å². The number of ether oxygens (including phenoxy) is 3. The van der Waals surface area contributed by atoms with Crippen LogP contribution in [0.5, 0.6) is 11.5 Å². The van der Waals surface area contributed by atoms with Gasteiger partial charge >= 0.3 is 12.0 Å². The van der Waals surface area contributed by atoms with Crippen LogP contribution in [0.1, 0.15) is 31.2 Å². The number of urea groups is 1. The Labute approximate surface area is 210 Å². The number of benzene rings is 2. The molecule has 0 unspecified atom stereocenters. The maximum absolute atomic E-state index is 14.0. The lowest BCUT2D eigenvalue weighted by Gasteiger charge is -2.18. The third-order valence-corrected chi connectivity index (χ3v) is 5.52. The van der Waals surface area contributed by atoms with Crippen molar-refractivity contribution < 1.29 is 33.0 Å². The number of esters is 1. The molecule has 2 aromatic rings. The summed E-state index contributed by atoms with van der Waals surface area (Å²) in [5.74, 6) is -0.156. The molecule has 1 fully saturated rings. The van der Waals surface area contributed by atoms with Crippen LogP contribution >= 0.6 is 0 Å². The van der Waals surface area contributed by atoms with Crippen LogP contribution in [0.25, 0.3) is 0 Å². The molecule has 0 bridgehead atoms. The van der Waals surface area contributed by atoms with Crippen LogP contribution in [0.3, 0.4) is 0 Å². The Morgan fingerprint density at radius 2 is 1.83 bits per heavy atom. The molecule has 10 heteroatoms. The number of anilines is 1. The smallest absolute Gasteiger partial charge is 0.321 e. The summed E-state index contributed by atoms with van der Waals surface area (Å²) in [6, 6.07) is 11.1. The molecule has 0 radical (unpaired) electrons. The zero-order valence-electron chi connectivity index (χ0n) is 20.6. The van der Waals surface area contributed by atoms with Gasteiger partial charge in [0.05, 0.1) is 20.3 Å². The summed E-state index contributed by atoms with van der Waals surface area (Å²) in [5, 5.41) is 2.76. The molecule has 0 spiro atoms. The molecule has 194 valence electrons. The fourth-order valence-electron chi connectivity index (χ4n) is 3.39. The molecular formula is C26H32FN3O6. The number of methoxy groups -OCH3 is 1. The van der Waals surface area contributed by atoms with Crippen molar-refractivity contribution in [1.82, 2.24) is 10.8 Å². The summed E-state index contributed by atoms with van der Waals surface area (Å²) >= 11 is 0. The Bertz CT molecular complexity index is 1040. The molecular weight excluding hydrogens is 469 g/mol. The van der Waals surface area contributed by atoms with Crippen molar-refractivity contribution in [3.63, 3.8) is 0 Å². The molecule has 1 saturated heterocycles. The number of hydrogen-bond donors (Lipinski definition) is 2. The molecule has 2 aromatic carbocycles. The van der Waals surface area contributed by atoms with Crippen LogP contribution in [0.2, 0.25) is 0 Å². The number of amides is 2. The first-order valence-corrected chi connectivity index (χ1v) is 11.7. The van der Waals surface area contributed by atoms with Gasteiger partial charge in [-0.3, -0.25) is 9.69 Å². The second-order valence-corrected chi connectivity index (χ2v) is 8.18. The Hall–Kier alpha value is -3.79. The molecule has 0 aromatic heterocycles. The summed E-state index contributed by atoms with van der Waals surface area (Å²) in [7, 11) is 2.99. The number of nitrogens with one attached hydrogen (secondary N) is 2. The second-order valence-electron chi connectivity index (χ2n) is 8.18. The van der Waals surface area contributed by atoms with E-state index in [1.807, 2.05) is 12.1 Å². The number of halogens is 1. The standard InChI is InChI=1S/C26H32FN3O6/c1-30(26(32)28-11-3-4-25(31)33-2)22-7-5-20(6-8-22)18-35-23-14-21(27)15-24(16-23)36-29-17-19-9-12-34-13-10-19/h5-8,14-17,29H,3-4,9-13,18H2,1-2H3,(H,28,32). The Kier molecular flexibility index (Phi) is 10.4. The third kappa shape index (κ3) is 8.77. The van der Waals surface area contributed by atoms with Crippen LogP contribution in [0.15, 0.2) is 54.2 Å². The number of rotatable bonds is 11. The average molecular weight is 502 g/mol. The Balaban J connectivity index is 1.46. The largest absolute Gasteiger partial charge is 0.489 e. The molecule has 2 N–H and O–H groups in total. The first-order valence-electron chi connectivity index (χ1n) is 11.7. The van der Waals surface area contributed by atoms with E-state index in [1.165, 1.54) is 29.7 Å². The van der Waals surface area contributed by atoms with Gasteiger partial charge in [0.1, 0.15) is 18.2 Å². The summed E-state index contributed by atoms with van der Waals surface area (Å²) in [4.78, 5) is 30.3. The normalized spacial score (nSPS) is 12.9. The lowest BCUT2D eigenvalue weighted by atomic mass is 10.1. The minimum absolute atomic E-state index is 0.212. The Morgan fingerprint density at radius 3 is 2.56 bits per heavy atom. The van der Waals surface area contributed by atoms with E-state index in [1.54, 1.807) is 31.4 Å². The van der Waals surface area contributed by atoms with E-state index in [-0.39, 0.29) is 25.0 Å². The highest BCUT2D eigenvalue weighted by atomic mass is 19.1. The van der Waals surface area contributed by atoms with E-state index >= 15 is 0 Å². The summed E-state index contributed by atoms with van der Waals surface area (Å²) in [6.45, 7) is 1.96. The monoisotopic (exact) mass is 501 g/mol. The van der Waals surface area contributed by atoms with Gasteiger partial charge < -0.3 is 24.4 Å². The zero-order chi connectivity index (χ0) is 25.8. The van der Waals surface area contributed by atoms with Crippen LogP contribution in [0.4, 0.5) is 14.9 Å². The predicted octanol–water partition coefficient (Wildman–Crippen LogP) is 4.08. The van der Waals surface area contributed by atoms with Crippen molar-refractivity contribution in [3.8, 4) is 11.5 Å². The van der Waals surface area contributed by atoms with Gasteiger partial charge in [-0.1, -0.05) is 12.1 Å². The molecule has 0 aliphatic carbocycles. The van der Waals surface area contributed by atoms with E-state index in [0.29, 0.717) is 43.4 Å². The lowest BCUT2D eigenvalue weighted by Crippen LogP contribution is -2.37. The molecule has 9 nitrogen and oxygen atoms in total. The van der Waals surface area contributed by atoms with Crippen molar-refractivity contribution in [2.45, 2.75) is 32.3 Å². The molecule has 1 aliphatic heterocycles. The van der Waals surface area contributed by atoms with Gasteiger partial charge in [-0.25, -0.2) is 14.7 Å². The van der Waals surface area contributed by atoms with Gasteiger partial charge in [-0.05, 0) is 42.5 Å². The van der Waals surface area contributed by atoms with E-state index in [4.69, 9.17) is 14.3 Å². The van der Waals surface area contributed by atoms with Crippen molar-refractivity contribution in [2.75, 3.05) is 38.8 Å². The maximum atomic E-state index is 14.0. The van der Waals surface area contributed by atoms with E-state index in [2.05, 4.69) is 15.5 Å².